The van der Waals surface area contributed by atoms with Crippen LogP contribution in [0.4, 0.5) is 11.6 Å². The molecule has 0 bridgehead atoms. The van der Waals surface area contributed by atoms with Crippen LogP contribution in [0, 0.1) is 0 Å². The van der Waals surface area contributed by atoms with E-state index in [1.54, 1.807) is 6.07 Å². The quantitative estimate of drug-likeness (QED) is 0.791. The molecule has 1 rings (SSSR count). The van der Waals surface area contributed by atoms with Crippen LogP contribution in [0.3, 0.4) is 0 Å². The molecule has 0 fully saturated rings. The highest BCUT2D eigenvalue weighted by Crippen LogP contribution is 2.21. The van der Waals surface area contributed by atoms with Gasteiger partial charge in [0.15, 0.2) is 0 Å². The van der Waals surface area contributed by atoms with Crippen molar-refractivity contribution in [1.29, 1.82) is 0 Å². The topological polar surface area (TPSA) is 63.8 Å². The standard InChI is InChI=1S/C12H22N4S/c1-12(2,3)11-15-9(13)8-10(16-11)14-6-5-7-17-4/h8H,5-7H2,1-4H3,(H3,13,14,15,16). The van der Waals surface area contributed by atoms with Crippen LogP contribution in [-0.4, -0.2) is 28.5 Å². The number of nitrogens with two attached hydrogens (primary N) is 1. The Balaban J connectivity index is 2.69. The van der Waals surface area contributed by atoms with Crippen molar-refractivity contribution < 1.29 is 0 Å². The van der Waals surface area contributed by atoms with E-state index in [0.717, 1.165) is 30.4 Å². The number of hydrogen-bond donors (Lipinski definition) is 2. The number of aromatic nitrogens is 2. The van der Waals surface area contributed by atoms with Crippen molar-refractivity contribution in [3.63, 3.8) is 0 Å². The second-order valence-corrected chi connectivity index (χ2v) is 6.01. The Morgan fingerprint density at radius 2 is 2.06 bits per heavy atom. The first-order valence-electron chi connectivity index (χ1n) is 5.81. The lowest BCUT2D eigenvalue weighted by Crippen LogP contribution is -2.18. The molecule has 0 spiro atoms. The fraction of sp³-hybridized carbons (Fsp3) is 0.667. The number of nitrogens with zero attached hydrogens (tertiary/aromatic N) is 2. The van der Waals surface area contributed by atoms with Crippen LogP contribution in [-0.2, 0) is 5.41 Å². The van der Waals surface area contributed by atoms with Crippen LogP contribution < -0.4 is 11.1 Å². The first kappa shape index (κ1) is 14.1. The molecule has 0 unspecified atom stereocenters. The first-order chi connectivity index (χ1) is 7.93. The highest BCUT2D eigenvalue weighted by molar-refractivity contribution is 7.98. The molecule has 0 aromatic carbocycles. The molecule has 17 heavy (non-hydrogen) atoms. The minimum absolute atomic E-state index is 0.0783. The highest BCUT2D eigenvalue weighted by atomic mass is 32.2. The van der Waals surface area contributed by atoms with Gasteiger partial charge in [0.2, 0.25) is 0 Å². The number of nitrogen functional groups attached to an aromatic ring is 1. The van der Waals surface area contributed by atoms with Gasteiger partial charge < -0.3 is 11.1 Å². The Hall–Kier alpha value is -0.970. The van der Waals surface area contributed by atoms with Crippen molar-refractivity contribution in [1.82, 2.24) is 9.97 Å². The van der Waals surface area contributed by atoms with Crippen molar-refractivity contribution in [2.75, 3.05) is 29.6 Å². The van der Waals surface area contributed by atoms with Gasteiger partial charge in [-0.1, -0.05) is 20.8 Å². The first-order valence-corrected chi connectivity index (χ1v) is 7.20. The molecule has 0 saturated carbocycles. The summed E-state index contributed by atoms with van der Waals surface area (Å²) in [5.41, 5.74) is 5.71. The van der Waals surface area contributed by atoms with Crippen molar-refractivity contribution in [3.05, 3.63) is 11.9 Å². The predicted molar refractivity (Wildman–Crippen MR) is 76.6 cm³/mol. The zero-order valence-electron chi connectivity index (χ0n) is 11.1. The van der Waals surface area contributed by atoms with Crippen molar-refractivity contribution >= 4 is 23.4 Å². The van der Waals surface area contributed by atoms with Crippen molar-refractivity contribution in [2.24, 2.45) is 0 Å². The maximum Gasteiger partial charge on any atom is 0.138 e. The monoisotopic (exact) mass is 254 g/mol. The van der Waals surface area contributed by atoms with E-state index >= 15 is 0 Å². The van der Waals surface area contributed by atoms with E-state index in [2.05, 4.69) is 42.3 Å². The summed E-state index contributed by atoms with van der Waals surface area (Å²) in [6.07, 6.45) is 3.23. The van der Waals surface area contributed by atoms with E-state index in [1.807, 2.05) is 11.8 Å². The molecule has 0 amide bonds. The van der Waals surface area contributed by atoms with Crippen LogP contribution in [0.5, 0.6) is 0 Å². The lowest BCUT2D eigenvalue weighted by molar-refractivity contribution is 0.547. The molecule has 1 aromatic rings. The minimum atomic E-state index is -0.0783. The van der Waals surface area contributed by atoms with Gasteiger partial charge in [0, 0.05) is 18.0 Å². The third-order valence-electron chi connectivity index (χ3n) is 2.25. The Kier molecular flexibility index (Phi) is 5.05. The van der Waals surface area contributed by atoms with E-state index in [4.69, 9.17) is 5.73 Å². The predicted octanol–water partition coefficient (Wildman–Crippen LogP) is 2.52. The summed E-state index contributed by atoms with van der Waals surface area (Å²) in [6.45, 7) is 7.17. The van der Waals surface area contributed by atoms with E-state index in [1.165, 1.54) is 0 Å². The smallest absolute Gasteiger partial charge is 0.138 e. The van der Waals surface area contributed by atoms with E-state index in [-0.39, 0.29) is 5.41 Å². The van der Waals surface area contributed by atoms with Gasteiger partial charge in [-0.05, 0) is 18.4 Å². The molecule has 1 aromatic heterocycles. The molecule has 96 valence electrons. The zero-order valence-corrected chi connectivity index (χ0v) is 11.9. The maximum atomic E-state index is 5.79. The normalized spacial score (nSPS) is 11.5. The average Bonchev–Trinajstić information content (AvgIpc) is 2.22. The molecular weight excluding hydrogens is 232 g/mol. The van der Waals surface area contributed by atoms with Gasteiger partial charge >= 0.3 is 0 Å². The number of anilines is 2. The van der Waals surface area contributed by atoms with E-state index < -0.39 is 0 Å². The largest absolute Gasteiger partial charge is 0.384 e. The van der Waals surface area contributed by atoms with Gasteiger partial charge in [0.1, 0.15) is 17.5 Å². The summed E-state index contributed by atoms with van der Waals surface area (Å²) in [4.78, 5) is 8.77. The molecule has 5 heteroatoms. The van der Waals surface area contributed by atoms with Crippen molar-refractivity contribution in [3.8, 4) is 0 Å². The minimum Gasteiger partial charge on any atom is -0.384 e. The summed E-state index contributed by atoms with van der Waals surface area (Å²) in [6, 6.07) is 1.79. The van der Waals surface area contributed by atoms with Gasteiger partial charge in [0.25, 0.3) is 0 Å². The van der Waals surface area contributed by atoms with Crippen LogP contribution in [0.25, 0.3) is 0 Å². The van der Waals surface area contributed by atoms with Gasteiger partial charge in [-0.3, -0.25) is 0 Å². The van der Waals surface area contributed by atoms with E-state index in [9.17, 15) is 0 Å². The van der Waals surface area contributed by atoms with Gasteiger partial charge in [-0.2, -0.15) is 11.8 Å². The molecule has 1 heterocycles. The fourth-order valence-corrected chi connectivity index (χ4v) is 1.76. The van der Waals surface area contributed by atoms with E-state index in [0.29, 0.717) is 5.82 Å². The Morgan fingerprint density at radius 3 is 2.65 bits per heavy atom. The van der Waals surface area contributed by atoms with Crippen LogP contribution in [0.15, 0.2) is 6.07 Å². The van der Waals surface area contributed by atoms with Gasteiger partial charge in [-0.15, -0.1) is 0 Å². The molecule has 0 atom stereocenters. The average molecular weight is 254 g/mol. The second-order valence-electron chi connectivity index (χ2n) is 5.02. The molecule has 0 aliphatic heterocycles. The number of rotatable bonds is 5. The van der Waals surface area contributed by atoms with Crippen LogP contribution in [0.1, 0.15) is 33.0 Å². The molecular formula is C12H22N4S. The number of hydrogen-bond acceptors (Lipinski definition) is 5. The molecule has 3 N–H and O–H groups in total. The summed E-state index contributed by atoms with van der Waals surface area (Å²) in [5, 5.41) is 3.29. The number of nitrogens with one attached hydrogen (secondary N) is 1. The van der Waals surface area contributed by atoms with Crippen molar-refractivity contribution in [2.45, 2.75) is 32.6 Å². The zero-order chi connectivity index (χ0) is 12.9. The summed E-state index contributed by atoms with van der Waals surface area (Å²) in [7, 11) is 0. The van der Waals surface area contributed by atoms with Crippen LogP contribution >= 0.6 is 11.8 Å². The van der Waals surface area contributed by atoms with Crippen LogP contribution in [0.2, 0.25) is 0 Å². The lowest BCUT2D eigenvalue weighted by Gasteiger charge is -2.18. The molecule has 4 nitrogen and oxygen atoms in total. The maximum absolute atomic E-state index is 5.79. The molecule has 0 aliphatic rings. The third kappa shape index (κ3) is 4.81. The van der Waals surface area contributed by atoms with Gasteiger partial charge in [0.05, 0.1) is 0 Å². The summed E-state index contributed by atoms with van der Waals surface area (Å²) >= 11 is 1.85. The SMILES string of the molecule is CSCCCNc1cc(N)nc(C(C)(C)C)n1. The summed E-state index contributed by atoms with van der Waals surface area (Å²) in [5.74, 6) is 3.28. The third-order valence-corrected chi connectivity index (χ3v) is 2.95. The Morgan fingerprint density at radius 1 is 1.35 bits per heavy atom. The highest BCUT2D eigenvalue weighted by Gasteiger charge is 2.18. The summed E-state index contributed by atoms with van der Waals surface area (Å²) < 4.78 is 0. The molecule has 0 radical (unpaired) electrons. The van der Waals surface area contributed by atoms with Gasteiger partial charge in [-0.25, -0.2) is 9.97 Å². The molecule has 0 saturated heterocycles. The second kappa shape index (κ2) is 6.10. The number of thioether (sulfide) groups is 1. The fourth-order valence-electron chi connectivity index (χ4n) is 1.32. The molecule has 0 aliphatic carbocycles. The Bertz CT molecular complexity index is 360. The Labute approximate surface area is 108 Å². The lowest BCUT2D eigenvalue weighted by atomic mass is 9.96.